The van der Waals surface area contributed by atoms with Gasteiger partial charge in [0.05, 0.1) is 4.92 Å². The van der Waals surface area contributed by atoms with Crippen LogP contribution in [-0.2, 0) is 0 Å². The Balaban J connectivity index is 2.37. The van der Waals surface area contributed by atoms with Crippen LogP contribution >= 0.6 is 15.9 Å². The van der Waals surface area contributed by atoms with Gasteiger partial charge >= 0.3 is 5.69 Å². The Morgan fingerprint density at radius 2 is 2.11 bits per heavy atom. The number of nitro groups is 1. The Morgan fingerprint density at radius 1 is 1.33 bits per heavy atom. The molecule has 0 bridgehead atoms. The minimum atomic E-state index is -0.642. The molecule has 18 heavy (non-hydrogen) atoms. The quantitative estimate of drug-likeness (QED) is 0.655. The molecule has 0 aromatic carbocycles. The van der Waals surface area contributed by atoms with Gasteiger partial charge in [0, 0.05) is 10.7 Å². The Hall–Kier alpha value is -2.29. The maximum Gasteiger partial charge on any atom is 0.353 e. The molecular formula is C9H7BrN6O2. The molecule has 0 saturated carbocycles. The highest BCUT2D eigenvalue weighted by molar-refractivity contribution is 9.10. The second-order valence-electron chi connectivity index (χ2n) is 3.20. The average molecular weight is 311 g/mol. The maximum absolute atomic E-state index is 10.9. The fraction of sp³-hybridized carbons (Fsp3) is 0. The highest BCUT2D eigenvalue weighted by Crippen LogP contribution is 2.28. The fourth-order valence-corrected chi connectivity index (χ4v) is 1.47. The lowest BCUT2D eigenvalue weighted by Crippen LogP contribution is -2.05. The summed E-state index contributed by atoms with van der Waals surface area (Å²) in [7, 11) is 0. The summed E-state index contributed by atoms with van der Waals surface area (Å²) < 4.78 is 0.796. The van der Waals surface area contributed by atoms with E-state index < -0.39 is 4.92 Å². The Bertz CT molecular complexity index is 588. The SMILES string of the molecule is Nc1ncnc(Nc2ccc(Br)cn2)c1[N+](=O)[O-]. The largest absolute Gasteiger partial charge is 0.378 e. The molecule has 0 radical (unpaired) electrons. The summed E-state index contributed by atoms with van der Waals surface area (Å²) in [6.07, 6.45) is 2.70. The first-order valence-electron chi connectivity index (χ1n) is 4.71. The van der Waals surface area contributed by atoms with E-state index >= 15 is 0 Å². The van der Waals surface area contributed by atoms with E-state index in [1.54, 1.807) is 18.3 Å². The van der Waals surface area contributed by atoms with Gasteiger partial charge in [-0.1, -0.05) is 0 Å². The van der Waals surface area contributed by atoms with Gasteiger partial charge in [-0.15, -0.1) is 0 Å². The molecule has 0 aliphatic heterocycles. The third-order valence-electron chi connectivity index (χ3n) is 2.01. The van der Waals surface area contributed by atoms with E-state index in [0.717, 1.165) is 10.8 Å². The first-order chi connectivity index (χ1) is 8.58. The van der Waals surface area contributed by atoms with Crippen molar-refractivity contribution in [2.45, 2.75) is 0 Å². The van der Waals surface area contributed by atoms with Crippen molar-refractivity contribution >= 4 is 39.1 Å². The van der Waals surface area contributed by atoms with Gasteiger partial charge in [-0.05, 0) is 28.1 Å². The van der Waals surface area contributed by atoms with Gasteiger partial charge in [-0.2, -0.15) is 0 Å². The fourth-order valence-electron chi connectivity index (χ4n) is 1.23. The molecule has 2 rings (SSSR count). The zero-order valence-electron chi connectivity index (χ0n) is 8.87. The van der Waals surface area contributed by atoms with Crippen LogP contribution in [0.2, 0.25) is 0 Å². The van der Waals surface area contributed by atoms with Gasteiger partial charge in [-0.3, -0.25) is 10.1 Å². The molecule has 0 fully saturated rings. The van der Waals surface area contributed by atoms with Crippen LogP contribution in [0.15, 0.2) is 29.1 Å². The molecule has 0 aliphatic carbocycles. The number of nitrogens with two attached hydrogens (primary N) is 1. The van der Waals surface area contributed by atoms with Crippen LogP contribution < -0.4 is 11.1 Å². The molecule has 2 aromatic heterocycles. The molecule has 3 N–H and O–H groups in total. The van der Waals surface area contributed by atoms with Crippen molar-refractivity contribution in [3.63, 3.8) is 0 Å². The number of pyridine rings is 1. The van der Waals surface area contributed by atoms with Crippen LogP contribution in [0.3, 0.4) is 0 Å². The number of halogens is 1. The summed E-state index contributed by atoms with van der Waals surface area (Å²) >= 11 is 3.24. The van der Waals surface area contributed by atoms with Crippen molar-refractivity contribution in [1.29, 1.82) is 0 Å². The number of anilines is 3. The highest BCUT2D eigenvalue weighted by Gasteiger charge is 2.21. The number of nitrogens with zero attached hydrogens (tertiary/aromatic N) is 4. The van der Waals surface area contributed by atoms with Crippen molar-refractivity contribution in [1.82, 2.24) is 15.0 Å². The third-order valence-corrected chi connectivity index (χ3v) is 2.48. The molecule has 0 spiro atoms. The minimum absolute atomic E-state index is 0.00215. The van der Waals surface area contributed by atoms with E-state index in [1.165, 1.54) is 0 Å². The molecular weight excluding hydrogens is 304 g/mol. The molecule has 0 unspecified atom stereocenters. The van der Waals surface area contributed by atoms with Crippen molar-refractivity contribution in [2.24, 2.45) is 0 Å². The predicted molar refractivity (Wildman–Crippen MR) is 68.3 cm³/mol. The molecule has 0 atom stereocenters. The van der Waals surface area contributed by atoms with Crippen LogP contribution in [-0.4, -0.2) is 19.9 Å². The van der Waals surface area contributed by atoms with E-state index in [4.69, 9.17) is 5.73 Å². The van der Waals surface area contributed by atoms with Gasteiger partial charge in [0.25, 0.3) is 0 Å². The average Bonchev–Trinajstić information content (AvgIpc) is 2.32. The van der Waals surface area contributed by atoms with E-state index in [-0.39, 0.29) is 17.3 Å². The van der Waals surface area contributed by atoms with Crippen LogP contribution in [0, 0.1) is 10.1 Å². The zero-order valence-corrected chi connectivity index (χ0v) is 10.5. The van der Waals surface area contributed by atoms with Crippen LogP contribution in [0.5, 0.6) is 0 Å². The molecule has 92 valence electrons. The summed E-state index contributed by atoms with van der Waals surface area (Å²) in [6, 6.07) is 3.39. The first kappa shape index (κ1) is 12.2. The first-order valence-corrected chi connectivity index (χ1v) is 5.50. The van der Waals surface area contributed by atoms with Gasteiger partial charge in [0.1, 0.15) is 12.1 Å². The lowest BCUT2D eigenvalue weighted by Gasteiger charge is -2.05. The van der Waals surface area contributed by atoms with Crippen molar-refractivity contribution in [3.8, 4) is 0 Å². The molecule has 0 amide bonds. The van der Waals surface area contributed by atoms with Crippen LogP contribution in [0.25, 0.3) is 0 Å². The predicted octanol–water partition coefficient (Wildman–Crippen LogP) is 1.87. The molecule has 2 aromatic rings. The van der Waals surface area contributed by atoms with Gasteiger partial charge in [-0.25, -0.2) is 15.0 Å². The Kier molecular flexibility index (Phi) is 3.33. The number of hydrogen-bond acceptors (Lipinski definition) is 7. The molecule has 0 aliphatic rings. The summed E-state index contributed by atoms with van der Waals surface area (Å²) in [4.78, 5) is 21.6. The Labute approximate surface area is 110 Å². The van der Waals surface area contributed by atoms with Gasteiger partial charge in [0.15, 0.2) is 0 Å². The maximum atomic E-state index is 10.9. The highest BCUT2D eigenvalue weighted by atomic mass is 79.9. The summed E-state index contributed by atoms with van der Waals surface area (Å²) in [6.45, 7) is 0. The van der Waals surface area contributed by atoms with Gasteiger partial charge < -0.3 is 11.1 Å². The number of nitrogen functional groups attached to an aromatic ring is 1. The van der Waals surface area contributed by atoms with Crippen LogP contribution in [0.1, 0.15) is 0 Å². The molecule has 0 saturated heterocycles. The lowest BCUT2D eigenvalue weighted by atomic mass is 10.4. The second-order valence-corrected chi connectivity index (χ2v) is 4.12. The van der Waals surface area contributed by atoms with E-state index in [2.05, 4.69) is 36.2 Å². The molecule has 9 heteroatoms. The summed E-state index contributed by atoms with van der Waals surface area (Å²) in [5, 5.41) is 13.6. The number of hydrogen-bond donors (Lipinski definition) is 2. The number of rotatable bonds is 3. The van der Waals surface area contributed by atoms with Gasteiger partial charge in [0.2, 0.25) is 11.6 Å². The van der Waals surface area contributed by atoms with Crippen molar-refractivity contribution in [2.75, 3.05) is 11.1 Å². The van der Waals surface area contributed by atoms with Crippen LogP contribution in [0.4, 0.5) is 23.1 Å². The monoisotopic (exact) mass is 310 g/mol. The van der Waals surface area contributed by atoms with E-state index in [1.807, 2.05) is 0 Å². The van der Waals surface area contributed by atoms with Crippen molar-refractivity contribution in [3.05, 3.63) is 39.2 Å². The zero-order chi connectivity index (χ0) is 13.1. The lowest BCUT2D eigenvalue weighted by molar-refractivity contribution is -0.383. The standard InChI is InChI=1S/C9H7BrN6O2/c10-5-1-2-6(12-3-5)15-9-7(16(17)18)8(11)13-4-14-9/h1-4H,(H3,11,12,13,14,15). The van der Waals surface area contributed by atoms with Crippen molar-refractivity contribution < 1.29 is 4.92 Å². The topological polar surface area (TPSA) is 120 Å². The molecule has 8 nitrogen and oxygen atoms in total. The molecule has 2 heterocycles. The minimum Gasteiger partial charge on any atom is -0.378 e. The second kappa shape index (κ2) is 4.92. The smallest absolute Gasteiger partial charge is 0.353 e. The van der Waals surface area contributed by atoms with E-state index in [0.29, 0.717) is 5.82 Å². The number of nitrogens with one attached hydrogen (secondary N) is 1. The third kappa shape index (κ3) is 2.51. The van der Waals surface area contributed by atoms with E-state index in [9.17, 15) is 10.1 Å². The Morgan fingerprint density at radius 3 is 2.72 bits per heavy atom. The summed E-state index contributed by atoms with van der Waals surface area (Å²) in [5.74, 6) is 0.219. The number of aromatic nitrogens is 3. The normalized spacial score (nSPS) is 10.1. The summed E-state index contributed by atoms with van der Waals surface area (Å²) in [5.41, 5.74) is 5.07.